The summed E-state index contributed by atoms with van der Waals surface area (Å²) in [6.07, 6.45) is 2.64. The maximum atomic E-state index is 6.13. The van der Waals surface area contributed by atoms with Crippen LogP contribution in [-0.2, 0) is 9.47 Å². The summed E-state index contributed by atoms with van der Waals surface area (Å²) in [5, 5.41) is 0.607. The zero-order valence-electron chi connectivity index (χ0n) is 11.6. The highest BCUT2D eigenvalue weighted by Crippen LogP contribution is 2.35. The Balaban J connectivity index is 1.77. The lowest BCUT2D eigenvalue weighted by Gasteiger charge is -2.37. The van der Waals surface area contributed by atoms with E-state index in [-0.39, 0.29) is 11.7 Å². The molecule has 2 heterocycles. The van der Waals surface area contributed by atoms with Crippen LogP contribution in [0.4, 0.5) is 0 Å². The molecule has 3 rings (SSSR count). The van der Waals surface area contributed by atoms with E-state index in [4.69, 9.17) is 43.8 Å². The predicted molar refractivity (Wildman–Crippen MR) is 85.1 cm³/mol. The van der Waals surface area contributed by atoms with E-state index in [1.54, 1.807) is 18.2 Å². The first kappa shape index (κ1) is 15.0. The van der Waals surface area contributed by atoms with Crippen LogP contribution < -0.4 is 10.5 Å². The van der Waals surface area contributed by atoms with E-state index in [1.165, 1.54) is 0 Å². The van der Waals surface area contributed by atoms with Crippen LogP contribution in [0.2, 0.25) is 5.02 Å². The molecule has 0 aromatic heterocycles. The molecule has 2 saturated heterocycles. The fraction of sp³-hybridized carbons (Fsp3) is 0.533. The normalized spacial score (nSPS) is 28.7. The summed E-state index contributed by atoms with van der Waals surface area (Å²) in [6, 6.07) is 5.33. The molecule has 0 amide bonds. The third-order valence-electron chi connectivity index (χ3n) is 4.02. The largest absolute Gasteiger partial charge is 0.489 e. The van der Waals surface area contributed by atoms with Crippen molar-refractivity contribution >= 4 is 28.8 Å². The molecule has 2 aliphatic heterocycles. The molecular formula is C15H18ClNO3S. The van der Waals surface area contributed by atoms with E-state index in [9.17, 15) is 0 Å². The minimum atomic E-state index is -0.190. The highest BCUT2D eigenvalue weighted by atomic mass is 35.5. The minimum absolute atomic E-state index is 0.0621. The first-order valence-electron chi connectivity index (χ1n) is 7.06. The van der Waals surface area contributed by atoms with Crippen LogP contribution in [0.3, 0.4) is 0 Å². The van der Waals surface area contributed by atoms with Gasteiger partial charge in [0.25, 0.3) is 0 Å². The number of benzene rings is 1. The molecule has 6 heteroatoms. The lowest BCUT2D eigenvalue weighted by Crippen LogP contribution is -2.44. The van der Waals surface area contributed by atoms with Gasteiger partial charge in [0.1, 0.15) is 16.8 Å². The Hall–Kier alpha value is -0.880. The van der Waals surface area contributed by atoms with Crippen LogP contribution in [0, 0.1) is 0 Å². The van der Waals surface area contributed by atoms with Crippen molar-refractivity contribution in [2.75, 3.05) is 19.8 Å². The predicted octanol–water partition coefficient (Wildman–Crippen LogP) is 2.69. The van der Waals surface area contributed by atoms with Crippen molar-refractivity contribution in [1.82, 2.24) is 0 Å². The molecule has 0 aliphatic carbocycles. The average Bonchev–Trinajstić information content (AvgIpc) is 2.86. The zero-order chi connectivity index (χ0) is 14.9. The first-order chi connectivity index (χ1) is 10.1. The van der Waals surface area contributed by atoms with Crippen LogP contribution in [0.5, 0.6) is 5.75 Å². The summed E-state index contributed by atoms with van der Waals surface area (Å²) in [5.74, 6) is 0.649. The lowest BCUT2D eigenvalue weighted by molar-refractivity contribution is -0.112. The molecule has 1 aromatic rings. The molecule has 114 valence electrons. The van der Waals surface area contributed by atoms with Crippen LogP contribution in [-0.4, -0.2) is 36.5 Å². The van der Waals surface area contributed by atoms with Gasteiger partial charge in [-0.15, -0.1) is 0 Å². The summed E-state index contributed by atoms with van der Waals surface area (Å²) in [5.41, 5.74) is 6.28. The van der Waals surface area contributed by atoms with Gasteiger partial charge < -0.3 is 19.9 Å². The number of halogens is 1. The summed E-state index contributed by atoms with van der Waals surface area (Å²) in [6.45, 7) is 2.07. The van der Waals surface area contributed by atoms with Gasteiger partial charge in [-0.2, -0.15) is 0 Å². The Bertz CT molecular complexity index is 546. The monoisotopic (exact) mass is 327 g/mol. The average molecular weight is 328 g/mol. The Labute approximate surface area is 134 Å². The van der Waals surface area contributed by atoms with Crippen LogP contribution in [0.15, 0.2) is 18.2 Å². The summed E-state index contributed by atoms with van der Waals surface area (Å²) >= 11 is 11.1. The molecule has 0 bridgehead atoms. The van der Waals surface area contributed by atoms with E-state index >= 15 is 0 Å². The second kappa shape index (κ2) is 6.08. The van der Waals surface area contributed by atoms with E-state index in [0.717, 1.165) is 31.4 Å². The van der Waals surface area contributed by atoms with Gasteiger partial charge in [0.2, 0.25) is 0 Å². The van der Waals surface area contributed by atoms with Gasteiger partial charge in [-0.25, -0.2) is 0 Å². The van der Waals surface area contributed by atoms with Crippen LogP contribution >= 0.6 is 23.8 Å². The van der Waals surface area contributed by atoms with Crippen molar-refractivity contribution in [2.45, 2.75) is 31.0 Å². The van der Waals surface area contributed by atoms with Gasteiger partial charge in [-0.05, 0) is 18.2 Å². The number of rotatable bonds is 3. The standard InChI is InChI=1S/C15H18ClNO3S/c16-10-1-2-12(14(17)21)13(7-10)20-11-3-5-19-15(8-11)4-6-18-9-15/h1-2,7,11H,3-6,8-9H2,(H2,17,21). The highest BCUT2D eigenvalue weighted by Gasteiger charge is 2.42. The van der Waals surface area contributed by atoms with Crippen molar-refractivity contribution in [2.24, 2.45) is 5.73 Å². The lowest BCUT2D eigenvalue weighted by atomic mass is 9.91. The molecule has 2 unspecified atom stereocenters. The maximum Gasteiger partial charge on any atom is 0.131 e. The molecule has 2 aliphatic rings. The number of thiocarbonyl (C=S) groups is 1. The van der Waals surface area contributed by atoms with Crippen molar-refractivity contribution in [3.8, 4) is 5.75 Å². The van der Waals surface area contributed by atoms with Gasteiger partial charge >= 0.3 is 0 Å². The van der Waals surface area contributed by atoms with Gasteiger partial charge in [0.15, 0.2) is 0 Å². The summed E-state index contributed by atoms with van der Waals surface area (Å²) < 4.78 is 17.5. The molecule has 2 N–H and O–H groups in total. The first-order valence-corrected chi connectivity index (χ1v) is 7.84. The smallest absolute Gasteiger partial charge is 0.131 e. The Morgan fingerprint density at radius 2 is 2.29 bits per heavy atom. The van der Waals surface area contributed by atoms with Crippen molar-refractivity contribution in [1.29, 1.82) is 0 Å². The maximum absolute atomic E-state index is 6.13. The molecule has 2 atom stereocenters. The second-order valence-corrected chi connectivity index (χ2v) is 6.45. The van der Waals surface area contributed by atoms with E-state index in [2.05, 4.69) is 0 Å². The van der Waals surface area contributed by atoms with Gasteiger partial charge in [0, 0.05) is 30.9 Å². The molecular weight excluding hydrogens is 310 g/mol. The van der Waals surface area contributed by atoms with Gasteiger partial charge in [-0.3, -0.25) is 0 Å². The molecule has 1 spiro atoms. The van der Waals surface area contributed by atoms with Crippen LogP contribution in [0.25, 0.3) is 0 Å². The fourth-order valence-corrected chi connectivity index (χ4v) is 3.25. The topological polar surface area (TPSA) is 53.7 Å². The Morgan fingerprint density at radius 3 is 3.00 bits per heavy atom. The third-order valence-corrected chi connectivity index (χ3v) is 4.47. The Kier molecular flexibility index (Phi) is 4.36. The summed E-state index contributed by atoms with van der Waals surface area (Å²) in [7, 11) is 0. The van der Waals surface area contributed by atoms with E-state index < -0.39 is 0 Å². The van der Waals surface area contributed by atoms with Crippen molar-refractivity contribution < 1.29 is 14.2 Å². The minimum Gasteiger partial charge on any atom is -0.489 e. The van der Waals surface area contributed by atoms with Crippen molar-refractivity contribution in [3.63, 3.8) is 0 Å². The molecule has 0 radical (unpaired) electrons. The van der Waals surface area contributed by atoms with E-state index in [1.807, 2.05) is 0 Å². The number of hydrogen-bond donors (Lipinski definition) is 1. The molecule has 4 nitrogen and oxygen atoms in total. The fourth-order valence-electron chi connectivity index (χ4n) is 2.92. The zero-order valence-corrected chi connectivity index (χ0v) is 13.2. The third kappa shape index (κ3) is 3.31. The number of nitrogens with two attached hydrogens (primary N) is 1. The molecule has 0 saturated carbocycles. The Morgan fingerprint density at radius 1 is 1.43 bits per heavy atom. The van der Waals surface area contributed by atoms with Gasteiger partial charge in [-0.1, -0.05) is 23.8 Å². The second-order valence-electron chi connectivity index (χ2n) is 5.57. The van der Waals surface area contributed by atoms with E-state index in [0.29, 0.717) is 29.0 Å². The molecule has 1 aromatic carbocycles. The quantitative estimate of drug-likeness (QED) is 0.865. The van der Waals surface area contributed by atoms with Crippen LogP contribution in [0.1, 0.15) is 24.8 Å². The molecule has 21 heavy (non-hydrogen) atoms. The number of hydrogen-bond acceptors (Lipinski definition) is 4. The van der Waals surface area contributed by atoms with Crippen molar-refractivity contribution in [3.05, 3.63) is 28.8 Å². The van der Waals surface area contributed by atoms with Gasteiger partial charge in [0.05, 0.1) is 24.4 Å². The number of ether oxygens (including phenoxy) is 3. The summed E-state index contributed by atoms with van der Waals surface area (Å²) in [4.78, 5) is 0.313. The highest BCUT2D eigenvalue weighted by molar-refractivity contribution is 7.80. The molecule has 2 fully saturated rings. The SMILES string of the molecule is NC(=S)c1ccc(Cl)cc1OC1CCOC2(CCOC2)C1.